The summed E-state index contributed by atoms with van der Waals surface area (Å²) < 4.78 is 6.30. The number of halogens is 2. The van der Waals surface area contributed by atoms with Crippen LogP contribution in [0.5, 0.6) is 0 Å². The third-order valence-electron chi connectivity index (χ3n) is 3.75. The summed E-state index contributed by atoms with van der Waals surface area (Å²) in [5, 5.41) is 3.26. The molecule has 1 aliphatic carbocycles. The second-order valence-electron chi connectivity index (χ2n) is 5.58. The normalized spacial score (nSPS) is 17.1. The number of unbranched alkanes of at least 4 members (excludes halogenated alkanes) is 1. The van der Waals surface area contributed by atoms with Crippen LogP contribution in [0.25, 0.3) is 0 Å². The first kappa shape index (κ1) is 16.6. The minimum Gasteiger partial charge on any atom is -0.443 e. The number of nitrogens with one attached hydrogen (secondary N) is 1. The molecule has 0 aliphatic heterocycles. The second kappa shape index (κ2) is 6.97. The van der Waals surface area contributed by atoms with Gasteiger partial charge in [-0.2, -0.15) is 0 Å². The van der Waals surface area contributed by atoms with Crippen LogP contribution in [0, 0.1) is 0 Å². The van der Waals surface area contributed by atoms with E-state index in [1.54, 1.807) is 6.20 Å². The Hall–Kier alpha value is -0.810. The van der Waals surface area contributed by atoms with E-state index in [0.717, 1.165) is 37.7 Å². The first-order chi connectivity index (χ1) is 9.96. The summed E-state index contributed by atoms with van der Waals surface area (Å²) in [4.78, 5) is 16.1. The van der Waals surface area contributed by atoms with Gasteiger partial charge in [-0.3, -0.25) is 0 Å². The molecule has 0 bridgehead atoms. The molecule has 116 valence electrons. The molecule has 1 amide bonds. The molecule has 21 heavy (non-hydrogen) atoms. The van der Waals surface area contributed by atoms with Gasteiger partial charge in [-0.05, 0) is 60.2 Å². The molecule has 1 aromatic rings. The Balaban J connectivity index is 1.88. The molecule has 1 aromatic heterocycles. The quantitative estimate of drug-likeness (QED) is 0.711. The van der Waals surface area contributed by atoms with Crippen molar-refractivity contribution in [2.45, 2.75) is 57.6 Å². The number of ether oxygens (including phenoxy) is 1. The lowest BCUT2D eigenvalue weighted by Gasteiger charge is -2.19. The number of nitrogens with zero attached hydrogens (tertiary/aromatic N) is 1. The van der Waals surface area contributed by atoms with Gasteiger partial charge in [-0.1, -0.05) is 24.9 Å². The Morgan fingerprint density at radius 1 is 1.62 bits per heavy atom. The summed E-state index contributed by atoms with van der Waals surface area (Å²) in [5.74, 6) is 0. The van der Waals surface area contributed by atoms with Crippen molar-refractivity contribution in [1.82, 2.24) is 10.3 Å². The van der Waals surface area contributed by atoms with E-state index in [1.165, 1.54) is 0 Å². The molecule has 1 saturated carbocycles. The number of alkyl carbamates (subject to hydrolysis) is 1. The van der Waals surface area contributed by atoms with E-state index in [9.17, 15) is 4.79 Å². The molecule has 1 unspecified atom stereocenters. The van der Waals surface area contributed by atoms with Gasteiger partial charge < -0.3 is 10.1 Å². The van der Waals surface area contributed by atoms with Crippen LogP contribution >= 0.6 is 27.5 Å². The predicted octanol–water partition coefficient (Wildman–Crippen LogP) is 5.01. The fourth-order valence-electron chi connectivity index (χ4n) is 2.20. The molecule has 0 aromatic carbocycles. The van der Waals surface area contributed by atoms with Gasteiger partial charge in [0.1, 0.15) is 10.8 Å². The van der Waals surface area contributed by atoms with Crippen molar-refractivity contribution >= 4 is 33.6 Å². The summed E-state index contributed by atoms with van der Waals surface area (Å²) in [6.07, 6.45) is 6.42. The number of hydrogen-bond donors (Lipinski definition) is 1. The predicted molar refractivity (Wildman–Crippen MR) is 86.5 cm³/mol. The van der Waals surface area contributed by atoms with Gasteiger partial charge in [0.15, 0.2) is 0 Å². The van der Waals surface area contributed by atoms with Crippen LogP contribution in [0.4, 0.5) is 4.79 Å². The highest BCUT2D eigenvalue weighted by atomic mass is 79.9. The molecule has 1 atom stereocenters. The number of pyridine rings is 1. The minimum absolute atomic E-state index is 0.180. The van der Waals surface area contributed by atoms with Crippen LogP contribution in [-0.4, -0.2) is 16.7 Å². The summed E-state index contributed by atoms with van der Waals surface area (Å²) in [6.45, 7) is 4.04. The molecule has 1 fully saturated rings. The van der Waals surface area contributed by atoms with Crippen molar-refractivity contribution in [3.05, 3.63) is 27.5 Å². The van der Waals surface area contributed by atoms with Crippen molar-refractivity contribution in [1.29, 1.82) is 0 Å². The van der Waals surface area contributed by atoms with E-state index in [4.69, 9.17) is 16.3 Å². The number of amides is 1. The van der Waals surface area contributed by atoms with Gasteiger partial charge in [0.2, 0.25) is 0 Å². The van der Waals surface area contributed by atoms with Crippen LogP contribution in [0.3, 0.4) is 0 Å². The molecule has 0 radical (unpaired) electrons. The van der Waals surface area contributed by atoms with Gasteiger partial charge in [0.05, 0.1) is 10.5 Å². The topological polar surface area (TPSA) is 51.2 Å². The Bertz CT molecular complexity index is 520. The summed E-state index contributed by atoms with van der Waals surface area (Å²) >= 11 is 9.19. The molecule has 1 heterocycles. The standard InChI is InChI=1S/C15H20BrClN2O2/c1-3-4-5-15(6-7-15)21-14(20)19-10(2)11-8-12(16)13(17)18-9-11/h8-10H,3-7H2,1-2H3,(H,19,20). The fraction of sp³-hybridized carbons (Fsp3) is 0.600. The lowest BCUT2D eigenvalue weighted by Crippen LogP contribution is -2.32. The molecular weight excluding hydrogens is 356 g/mol. The van der Waals surface area contributed by atoms with Crippen molar-refractivity contribution in [3.8, 4) is 0 Å². The molecule has 0 saturated heterocycles. The highest BCUT2D eigenvalue weighted by molar-refractivity contribution is 9.10. The maximum absolute atomic E-state index is 12.0. The van der Waals surface area contributed by atoms with E-state index < -0.39 is 0 Å². The molecular formula is C15H20BrClN2O2. The molecule has 4 nitrogen and oxygen atoms in total. The van der Waals surface area contributed by atoms with Gasteiger partial charge in [-0.15, -0.1) is 0 Å². The van der Waals surface area contributed by atoms with E-state index >= 15 is 0 Å². The second-order valence-corrected chi connectivity index (χ2v) is 6.80. The van der Waals surface area contributed by atoms with Gasteiger partial charge >= 0.3 is 6.09 Å². The highest BCUT2D eigenvalue weighted by Gasteiger charge is 2.46. The molecule has 1 aliphatic rings. The molecule has 2 rings (SSSR count). The Kier molecular flexibility index (Phi) is 5.49. The fourth-order valence-corrected chi connectivity index (χ4v) is 2.67. The average molecular weight is 376 g/mol. The third-order valence-corrected chi connectivity index (χ3v) is 4.89. The van der Waals surface area contributed by atoms with E-state index in [1.807, 2.05) is 13.0 Å². The third kappa shape index (κ3) is 4.58. The van der Waals surface area contributed by atoms with Crippen LogP contribution in [-0.2, 0) is 4.74 Å². The van der Waals surface area contributed by atoms with Crippen LogP contribution < -0.4 is 5.32 Å². The first-order valence-corrected chi connectivity index (χ1v) is 8.43. The monoisotopic (exact) mass is 374 g/mol. The van der Waals surface area contributed by atoms with Crippen LogP contribution in [0.1, 0.15) is 57.6 Å². The molecule has 0 spiro atoms. The largest absolute Gasteiger partial charge is 0.443 e. The van der Waals surface area contributed by atoms with E-state index in [2.05, 4.69) is 33.2 Å². The van der Waals surface area contributed by atoms with Crippen molar-refractivity contribution < 1.29 is 9.53 Å². The zero-order valence-corrected chi connectivity index (χ0v) is 14.6. The molecule has 1 N–H and O–H groups in total. The Morgan fingerprint density at radius 3 is 2.90 bits per heavy atom. The highest BCUT2D eigenvalue weighted by Crippen LogP contribution is 2.44. The van der Waals surface area contributed by atoms with Gasteiger partial charge in [0.25, 0.3) is 0 Å². The number of carbonyl (C=O) groups is 1. The van der Waals surface area contributed by atoms with Gasteiger partial charge in [-0.25, -0.2) is 9.78 Å². The number of aromatic nitrogens is 1. The Labute approximate surface area is 138 Å². The summed E-state index contributed by atoms with van der Waals surface area (Å²) in [7, 11) is 0. The average Bonchev–Trinajstić information content (AvgIpc) is 3.19. The van der Waals surface area contributed by atoms with Crippen LogP contribution in [0.2, 0.25) is 5.15 Å². The number of carbonyl (C=O) groups excluding carboxylic acids is 1. The van der Waals surface area contributed by atoms with Crippen molar-refractivity contribution in [3.63, 3.8) is 0 Å². The smallest absolute Gasteiger partial charge is 0.408 e. The number of rotatable bonds is 6. The Morgan fingerprint density at radius 2 is 2.33 bits per heavy atom. The van der Waals surface area contributed by atoms with E-state index in [-0.39, 0.29) is 17.7 Å². The zero-order valence-electron chi connectivity index (χ0n) is 12.3. The van der Waals surface area contributed by atoms with Gasteiger partial charge in [0, 0.05) is 6.20 Å². The van der Waals surface area contributed by atoms with E-state index in [0.29, 0.717) is 9.63 Å². The summed E-state index contributed by atoms with van der Waals surface area (Å²) in [5.41, 5.74) is 0.667. The summed E-state index contributed by atoms with van der Waals surface area (Å²) in [6, 6.07) is 1.67. The molecule has 6 heteroatoms. The van der Waals surface area contributed by atoms with Crippen LogP contribution in [0.15, 0.2) is 16.7 Å². The zero-order chi connectivity index (χ0) is 15.5. The SMILES string of the molecule is CCCCC1(OC(=O)NC(C)c2cnc(Cl)c(Br)c2)CC1. The first-order valence-electron chi connectivity index (χ1n) is 7.26. The maximum atomic E-state index is 12.0. The van der Waals surface area contributed by atoms with Crippen molar-refractivity contribution in [2.75, 3.05) is 0 Å². The lowest BCUT2D eigenvalue weighted by molar-refractivity contribution is 0.0735. The number of hydrogen-bond acceptors (Lipinski definition) is 3. The lowest BCUT2D eigenvalue weighted by atomic mass is 10.1. The van der Waals surface area contributed by atoms with Crippen molar-refractivity contribution in [2.24, 2.45) is 0 Å². The minimum atomic E-state index is -0.359. The maximum Gasteiger partial charge on any atom is 0.408 e.